The lowest BCUT2D eigenvalue weighted by Gasteiger charge is -2.06. The normalized spacial score (nSPS) is 9.95. The minimum atomic E-state index is 0.235. The molecule has 19 heavy (non-hydrogen) atoms. The van der Waals surface area contributed by atoms with Crippen molar-refractivity contribution in [2.45, 2.75) is 6.54 Å². The monoisotopic (exact) mass is 275 g/mol. The zero-order chi connectivity index (χ0) is 13.7. The van der Waals surface area contributed by atoms with E-state index in [9.17, 15) is 0 Å². The van der Waals surface area contributed by atoms with Crippen molar-refractivity contribution < 1.29 is 4.74 Å². The van der Waals surface area contributed by atoms with Crippen LogP contribution < -0.4 is 15.8 Å². The number of thiocarbonyl (C=S) groups is 1. The van der Waals surface area contributed by atoms with Crippen molar-refractivity contribution in [3.05, 3.63) is 42.0 Å². The van der Waals surface area contributed by atoms with Crippen molar-refractivity contribution in [1.29, 1.82) is 0 Å². The summed E-state index contributed by atoms with van der Waals surface area (Å²) in [6, 6.07) is 3.73. The molecule has 2 aromatic rings. The Morgan fingerprint density at radius 3 is 2.63 bits per heavy atom. The predicted molar refractivity (Wildman–Crippen MR) is 76.0 cm³/mol. The third-order valence-corrected chi connectivity index (χ3v) is 2.59. The van der Waals surface area contributed by atoms with E-state index >= 15 is 0 Å². The van der Waals surface area contributed by atoms with E-state index in [-0.39, 0.29) is 4.99 Å². The average molecular weight is 275 g/mol. The van der Waals surface area contributed by atoms with Gasteiger partial charge in [-0.3, -0.25) is 0 Å². The van der Waals surface area contributed by atoms with Crippen LogP contribution in [-0.2, 0) is 6.54 Å². The summed E-state index contributed by atoms with van der Waals surface area (Å²) in [5.41, 5.74) is 6.97. The van der Waals surface area contributed by atoms with Crippen molar-refractivity contribution in [3.63, 3.8) is 0 Å². The number of pyridine rings is 1. The summed E-state index contributed by atoms with van der Waals surface area (Å²) >= 11 is 4.80. The highest BCUT2D eigenvalue weighted by Crippen LogP contribution is 2.08. The van der Waals surface area contributed by atoms with Gasteiger partial charge in [0, 0.05) is 18.8 Å². The molecule has 7 heteroatoms. The first kappa shape index (κ1) is 13.2. The fourth-order valence-electron chi connectivity index (χ4n) is 1.38. The molecule has 0 atom stereocenters. The molecule has 0 unspecified atom stereocenters. The van der Waals surface area contributed by atoms with Gasteiger partial charge in [0.15, 0.2) is 0 Å². The van der Waals surface area contributed by atoms with Gasteiger partial charge >= 0.3 is 0 Å². The van der Waals surface area contributed by atoms with Gasteiger partial charge in [-0.2, -0.15) is 0 Å². The van der Waals surface area contributed by atoms with Gasteiger partial charge in [0.05, 0.1) is 19.5 Å². The number of methoxy groups -OCH3 is 1. The molecule has 0 bridgehead atoms. The highest BCUT2D eigenvalue weighted by atomic mass is 32.1. The van der Waals surface area contributed by atoms with Gasteiger partial charge in [-0.05, 0) is 5.56 Å². The molecule has 0 saturated carbocycles. The highest BCUT2D eigenvalue weighted by molar-refractivity contribution is 7.80. The predicted octanol–water partition coefficient (Wildman–Crippen LogP) is 1.13. The van der Waals surface area contributed by atoms with Crippen LogP contribution in [0, 0.1) is 0 Å². The van der Waals surface area contributed by atoms with E-state index < -0.39 is 0 Å². The van der Waals surface area contributed by atoms with Crippen molar-refractivity contribution in [1.82, 2.24) is 15.0 Å². The van der Waals surface area contributed by atoms with Crippen molar-refractivity contribution in [2.75, 3.05) is 12.4 Å². The van der Waals surface area contributed by atoms with Crippen LogP contribution in [0.4, 0.5) is 5.82 Å². The van der Waals surface area contributed by atoms with Gasteiger partial charge in [-0.1, -0.05) is 18.3 Å². The smallest absolute Gasteiger partial charge is 0.212 e. The third kappa shape index (κ3) is 3.59. The number of anilines is 1. The molecule has 2 heterocycles. The maximum Gasteiger partial charge on any atom is 0.212 e. The van der Waals surface area contributed by atoms with Gasteiger partial charge < -0.3 is 15.8 Å². The second-order valence-electron chi connectivity index (χ2n) is 3.71. The molecule has 0 aliphatic heterocycles. The second kappa shape index (κ2) is 6.05. The van der Waals surface area contributed by atoms with Gasteiger partial charge in [0.25, 0.3) is 0 Å². The number of nitrogens with one attached hydrogen (secondary N) is 1. The number of rotatable bonds is 5. The first-order valence-electron chi connectivity index (χ1n) is 5.53. The standard InChI is InChI=1S/C12H13N5OS/c1-18-11-3-2-8(5-17-11)4-15-10-7-14-9(6-16-10)12(13)19/h2-3,5-7H,4H2,1H3,(H2,13,19)(H,15,16). The Morgan fingerprint density at radius 2 is 2.11 bits per heavy atom. The number of aromatic nitrogens is 3. The van der Waals surface area contributed by atoms with Crippen LogP contribution in [0.2, 0.25) is 0 Å². The summed E-state index contributed by atoms with van der Waals surface area (Å²) in [5.74, 6) is 1.24. The maximum absolute atomic E-state index is 5.44. The zero-order valence-corrected chi connectivity index (χ0v) is 11.1. The molecule has 0 aromatic carbocycles. The van der Waals surface area contributed by atoms with Crippen LogP contribution in [0.1, 0.15) is 11.3 Å². The van der Waals surface area contributed by atoms with Crippen LogP contribution in [0.3, 0.4) is 0 Å². The van der Waals surface area contributed by atoms with Gasteiger partial charge in [-0.15, -0.1) is 0 Å². The third-order valence-electron chi connectivity index (χ3n) is 2.38. The summed E-state index contributed by atoms with van der Waals surface area (Å²) in [5, 5.41) is 3.13. The van der Waals surface area contributed by atoms with E-state index in [2.05, 4.69) is 20.3 Å². The summed E-state index contributed by atoms with van der Waals surface area (Å²) in [6.07, 6.45) is 4.87. The molecule has 2 aromatic heterocycles. The quantitative estimate of drug-likeness (QED) is 0.791. The Morgan fingerprint density at radius 1 is 1.26 bits per heavy atom. The molecule has 6 nitrogen and oxygen atoms in total. The Kier molecular flexibility index (Phi) is 4.19. The molecule has 0 spiro atoms. The zero-order valence-electron chi connectivity index (χ0n) is 10.3. The molecule has 0 fully saturated rings. The van der Waals surface area contributed by atoms with Crippen LogP contribution in [0.15, 0.2) is 30.7 Å². The van der Waals surface area contributed by atoms with Gasteiger partial charge in [0.1, 0.15) is 16.5 Å². The van der Waals surface area contributed by atoms with E-state index in [1.54, 1.807) is 25.6 Å². The van der Waals surface area contributed by atoms with E-state index in [1.807, 2.05) is 6.07 Å². The molecule has 0 aliphatic carbocycles. The maximum atomic E-state index is 5.44. The Bertz CT molecular complexity index is 555. The lowest BCUT2D eigenvalue weighted by molar-refractivity contribution is 0.397. The van der Waals surface area contributed by atoms with Crippen molar-refractivity contribution in [3.8, 4) is 5.88 Å². The number of hydrogen-bond acceptors (Lipinski definition) is 6. The average Bonchev–Trinajstić information content (AvgIpc) is 2.46. The molecule has 0 saturated heterocycles. The fourth-order valence-corrected chi connectivity index (χ4v) is 1.48. The van der Waals surface area contributed by atoms with E-state index in [1.165, 1.54) is 6.20 Å². The molecule has 98 valence electrons. The molecule has 0 radical (unpaired) electrons. The van der Waals surface area contributed by atoms with Crippen molar-refractivity contribution >= 4 is 23.0 Å². The molecule has 2 rings (SSSR count). The first-order valence-corrected chi connectivity index (χ1v) is 5.94. The lowest BCUT2D eigenvalue weighted by atomic mass is 10.3. The Hall–Kier alpha value is -2.28. The number of ether oxygens (including phenoxy) is 1. The first-order chi connectivity index (χ1) is 9.19. The van der Waals surface area contributed by atoms with Gasteiger partial charge in [0.2, 0.25) is 5.88 Å². The molecule has 0 aliphatic rings. The molecule has 0 amide bonds. The SMILES string of the molecule is COc1ccc(CNc2cnc(C(N)=S)cn2)cn1. The number of nitrogens with zero attached hydrogens (tertiary/aromatic N) is 3. The number of hydrogen-bond donors (Lipinski definition) is 2. The molecule has 3 N–H and O–H groups in total. The van der Waals surface area contributed by atoms with Crippen LogP contribution in [0.5, 0.6) is 5.88 Å². The van der Waals surface area contributed by atoms with E-state index in [0.29, 0.717) is 23.9 Å². The topological polar surface area (TPSA) is 86.0 Å². The van der Waals surface area contributed by atoms with E-state index in [4.69, 9.17) is 22.7 Å². The fraction of sp³-hybridized carbons (Fsp3) is 0.167. The summed E-state index contributed by atoms with van der Waals surface area (Å²) in [7, 11) is 1.58. The molecular formula is C12H13N5OS. The van der Waals surface area contributed by atoms with E-state index in [0.717, 1.165) is 5.56 Å². The second-order valence-corrected chi connectivity index (χ2v) is 4.15. The minimum Gasteiger partial charge on any atom is -0.481 e. The van der Waals surface area contributed by atoms with Crippen molar-refractivity contribution in [2.24, 2.45) is 5.73 Å². The van der Waals surface area contributed by atoms with Gasteiger partial charge in [-0.25, -0.2) is 15.0 Å². The number of nitrogens with two attached hydrogens (primary N) is 1. The minimum absolute atomic E-state index is 0.235. The summed E-state index contributed by atoms with van der Waals surface area (Å²) in [6.45, 7) is 0.595. The van der Waals surface area contributed by atoms with Crippen LogP contribution in [0.25, 0.3) is 0 Å². The van der Waals surface area contributed by atoms with Crippen LogP contribution >= 0.6 is 12.2 Å². The Balaban J connectivity index is 1.95. The lowest BCUT2D eigenvalue weighted by Crippen LogP contribution is -2.12. The molecular weight excluding hydrogens is 262 g/mol. The summed E-state index contributed by atoms with van der Waals surface area (Å²) < 4.78 is 4.99. The van der Waals surface area contributed by atoms with Crippen LogP contribution in [-0.4, -0.2) is 27.1 Å². The summed E-state index contributed by atoms with van der Waals surface area (Å²) in [4.78, 5) is 12.6. The largest absolute Gasteiger partial charge is 0.481 e. The highest BCUT2D eigenvalue weighted by Gasteiger charge is 2.00. The Labute approximate surface area is 116 Å².